The number of anilines is 1. The Kier molecular flexibility index (Phi) is 3.41. The number of aromatic nitrogens is 2. The summed E-state index contributed by atoms with van der Waals surface area (Å²) in [5, 5.41) is 0.997. The zero-order chi connectivity index (χ0) is 12.2. The van der Waals surface area contributed by atoms with Gasteiger partial charge in [0.1, 0.15) is 18.2 Å². The highest BCUT2D eigenvalue weighted by Crippen LogP contribution is 2.23. The number of para-hydroxylation sites is 1. The van der Waals surface area contributed by atoms with Gasteiger partial charge in [0.05, 0.1) is 6.54 Å². The fraction of sp³-hybridized carbons (Fsp3) is 0.385. The van der Waals surface area contributed by atoms with Gasteiger partial charge in [-0.25, -0.2) is 4.98 Å². The van der Waals surface area contributed by atoms with Crippen molar-refractivity contribution in [2.75, 3.05) is 18.0 Å². The van der Waals surface area contributed by atoms with Gasteiger partial charge in [-0.15, -0.1) is 0 Å². The van der Waals surface area contributed by atoms with Crippen LogP contribution >= 0.6 is 11.5 Å². The third-order valence-corrected chi connectivity index (χ3v) is 3.77. The monoisotopic (exact) mass is 261 g/mol. The van der Waals surface area contributed by atoms with Gasteiger partial charge in [0.2, 0.25) is 5.13 Å². The maximum atomic E-state index is 6.00. The van der Waals surface area contributed by atoms with Crippen LogP contribution in [0.25, 0.3) is 0 Å². The number of rotatable bonds is 3. The lowest BCUT2D eigenvalue weighted by Gasteiger charge is -2.32. The van der Waals surface area contributed by atoms with Crippen molar-refractivity contribution in [3.8, 4) is 5.75 Å². The standard InChI is InChI=1S/C13H15N3OS/c1-2-5-11(6-3-1)17-12-7-4-8-16(9-12)13-14-10-15-18-13/h1-3,5-6,10,12H,4,7-9H2/t12-/m0/s1. The van der Waals surface area contributed by atoms with Crippen molar-refractivity contribution in [1.82, 2.24) is 9.36 Å². The molecule has 1 atom stereocenters. The number of ether oxygens (including phenoxy) is 1. The van der Waals surface area contributed by atoms with E-state index >= 15 is 0 Å². The van der Waals surface area contributed by atoms with E-state index < -0.39 is 0 Å². The Hall–Kier alpha value is -1.62. The molecule has 1 aliphatic rings. The lowest BCUT2D eigenvalue weighted by Crippen LogP contribution is -2.41. The molecule has 94 valence electrons. The summed E-state index contributed by atoms with van der Waals surface area (Å²) in [6, 6.07) is 10.0. The Bertz CT molecular complexity index is 474. The molecule has 2 aromatic rings. The second kappa shape index (κ2) is 5.35. The van der Waals surface area contributed by atoms with Gasteiger partial charge in [0, 0.05) is 18.1 Å². The lowest BCUT2D eigenvalue weighted by molar-refractivity contribution is 0.179. The first-order valence-corrected chi connectivity index (χ1v) is 6.92. The van der Waals surface area contributed by atoms with Gasteiger partial charge in [0.15, 0.2) is 0 Å². The van der Waals surface area contributed by atoms with Crippen LogP contribution in [-0.2, 0) is 0 Å². The molecule has 0 N–H and O–H groups in total. The van der Waals surface area contributed by atoms with E-state index in [1.165, 1.54) is 11.5 Å². The highest BCUT2D eigenvalue weighted by Gasteiger charge is 2.23. The highest BCUT2D eigenvalue weighted by atomic mass is 32.1. The van der Waals surface area contributed by atoms with Crippen molar-refractivity contribution in [1.29, 1.82) is 0 Å². The molecule has 3 rings (SSSR count). The van der Waals surface area contributed by atoms with E-state index in [9.17, 15) is 0 Å². The molecule has 0 bridgehead atoms. The smallest absolute Gasteiger partial charge is 0.205 e. The molecule has 0 spiro atoms. The average molecular weight is 261 g/mol. The maximum absolute atomic E-state index is 6.00. The summed E-state index contributed by atoms with van der Waals surface area (Å²) < 4.78 is 10.1. The van der Waals surface area contributed by atoms with Crippen molar-refractivity contribution in [3.05, 3.63) is 36.7 Å². The quantitative estimate of drug-likeness (QED) is 0.851. The summed E-state index contributed by atoms with van der Waals surface area (Å²) >= 11 is 1.45. The Labute approximate surface area is 110 Å². The van der Waals surface area contributed by atoms with Gasteiger partial charge in [-0.1, -0.05) is 18.2 Å². The second-order valence-corrected chi connectivity index (χ2v) is 5.12. The van der Waals surface area contributed by atoms with E-state index in [0.29, 0.717) is 0 Å². The number of hydrogen-bond donors (Lipinski definition) is 0. The lowest BCUT2D eigenvalue weighted by atomic mass is 10.1. The summed E-state index contributed by atoms with van der Waals surface area (Å²) in [4.78, 5) is 6.52. The number of benzene rings is 1. The molecule has 0 saturated carbocycles. The van der Waals surface area contributed by atoms with Crippen molar-refractivity contribution >= 4 is 16.7 Å². The molecule has 1 saturated heterocycles. The zero-order valence-corrected chi connectivity index (χ0v) is 10.8. The van der Waals surface area contributed by atoms with Gasteiger partial charge in [-0.2, -0.15) is 4.37 Å². The SMILES string of the molecule is c1ccc(O[C@H]2CCCN(c3ncns3)C2)cc1. The normalized spacial score (nSPS) is 19.8. The Morgan fingerprint density at radius 1 is 1.28 bits per heavy atom. The van der Waals surface area contributed by atoms with E-state index in [0.717, 1.165) is 36.8 Å². The molecule has 1 aromatic heterocycles. The molecule has 18 heavy (non-hydrogen) atoms. The fourth-order valence-corrected chi connectivity index (χ4v) is 2.77. The predicted molar refractivity (Wildman–Crippen MR) is 72.2 cm³/mol. The minimum atomic E-state index is 0.241. The van der Waals surface area contributed by atoms with Crippen LogP contribution in [0.5, 0.6) is 5.75 Å². The van der Waals surface area contributed by atoms with Gasteiger partial charge in [-0.3, -0.25) is 0 Å². The van der Waals surface area contributed by atoms with Gasteiger partial charge in [0.25, 0.3) is 0 Å². The average Bonchev–Trinajstić information content (AvgIpc) is 2.94. The molecule has 0 aliphatic carbocycles. The zero-order valence-electron chi connectivity index (χ0n) is 10.0. The minimum Gasteiger partial charge on any atom is -0.489 e. The van der Waals surface area contributed by atoms with Crippen LogP contribution in [0, 0.1) is 0 Å². The van der Waals surface area contributed by atoms with Crippen LogP contribution in [0.15, 0.2) is 36.7 Å². The third kappa shape index (κ3) is 2.61. The second-order valence-electron chi connectivity index (χ2n) is 4.36. The first kappa shape index (κ1) is 11.5. The van der Waals surface area contributed by atoms with Gasteiger partial charge >= 0.3 is 0 Å². The topological polar surface area (TPSA) is 38.2 Å². The van der Waals surface area contributed by atoms with E-state index in [1.54, 1.807) is 6.33 Å². The largest absolute Gasteiger partial charge is 0.489 e. The maximum Gasteiger partial charge on any atom is 0.205 e. The molecular weight excluding hydrogens is 246 g/mol. The Morgan fingerprint density at radius 3 is 2.94 bits per heavy atom. The molecule has 4 nitrogen and oxygen atoms in total. The highest BCUT2D eigenvalue weighted by molar-refractivity contribution is 7.09. The molecule has 1 aliphatic heterocycles. The van der Waals surface area contributed by atoms with Crippen molar-refractivity contribution < 1.29 is 4.74 Å². The van der Waals surface area contributed by atoms with Crippen molar-refractivity contribution in [2.24, 2.45) is 0 Å². The van der Waals surface area contributed by atoms with E-state index in [1.807, 2.05) is 30.3 Å². The predicted octanol–water partition coefficient (Wildman–Crippen LogP) is 2.59. The summed E-state index contributed by atoms with van der Waals surface area (Å²) in [6.45, 7) is 1.94. The van der Waals surface area contributed by atoms with E-state index in [4.69, 9.17) is 4.74 Å². The van der Waals surface area contributed by atoms with Crippen LogP contribution in [0.3, 0.4) is 0 Å². The molecule has 0 unspecified atom stereocenters. The molecule has 5 heteroatoms. The summed E-state index contributed by atoms with van der Waals surface area (Å²) in [6.07, 6.45) is 4.09. The first-order valence-electron chi connectivity index (χ1n) is 6.15. The van der Waals surface area contributed by atoms with Crippen molar-refractivity contribution in [3.63, 3.8) is 0 Å². The number of nitrogens with zero attached hydrogens (tertiary/aromatic N) is 3. The molecule has 1 fully saturated rings. The molecule has 1 aromatic carbocycles. The van der Waals surface area contributed by atoms with Crippen LogP contribution in [0.2, 0.25) is 0 Å². The minimum absolute atomic E-state index is 0.241. The van der Waals surface area contributed by atoms with Gasteiger partial charge in [-0.05, 0) is 25.0 Å². The summed E-state index contributed by atoms with van der Waals surface area (Å²) in [5.74, 6) is 0.946. The number of hydrogen-bond acceptors (Lipinski definition) is 5. The van der Waals surface area contributed by atoms with Crippen LogP contribution in [0.4, 0.5) is 5.13 Å². The molecule has 0 amide bonds. The molecular formula is C13H15N3OS. The third-order valence-electron chi connectivity index (χ3n) is 3.04. The van der Waals surface area contributed by atoms with Crippen LogP contribution in [0.1, 0.15) is 12.8 Å². The first-order chi connectivity index (χ1) is 8.92. The van der Waals surface area contributed by atoms with E-state index in [2.05, 4.69) is 14.3 Å². The molecule has 2 heterocycles. The summed E-state index contributed by atoms with van der Waals surface area (Å²) in [7, 11) is 0. The van der Waals surface area contributed by atoms with E-state index in [-0.39, 0.29) is 6.10 Å². The molecule has 0 radical (unpaired) electrons. The fourth-order valence-electron chi connectivity index (χ4n) is 2.21. The van der Waals surface area contributed by atoms with Crippen molar-refractivity contribution in [2.45, 2.75) is 18.9 Å². The number of piperidine rings is 1. The summed E-state index contributed by atoms with van der Waals surface area (Å²) in [5.41, 5.74) is 0. The Morgan fingerprint density at radius 2 is 2.17 bits per heavy atom. The van der Waals surface area contributed by atoms with Gasteiger partial charge < -0.3 is 9.64 Å². The Balaban J connectivity index is 1.64. The van der Waals surface area contributed by atoms with Crippen LogP contribution < -0.4 is 9.64 Å². The van der Waals surface area contributed by atoms with Crippen LogP contribution in [-0.4, -0.2) is 28.6 Å².